The SMILES string of the molecule is C#CCCOc1ccc(Cl)cc1[N+](=O)[O-]. The lowest BCUT2D eigenvalue weighted by molar-refractivity contribution is -0.385. The van der Waals surface area contributed by atoms with Crippen molar-refractivity contribution in [1.29, 1.82) is 0 Å². The average Bonchev–Trinajstić information content (AvgIpc) is 2.20. The quantitative estimate of drug-likeness (QED) is 0.343. The molecule has 0 saturated heterocycles. The van der Waals surface area contributed by atoms with Gasteiger partial charge in [-0.25, -0.2) is 0 Å². The minimum absolute atomic E-state index is 0.153. The summed E-state index contributed by atoms with van der Waals surface area (Å²) in [5.74, 6) is 2.56. The van der Waals surface area contributed by atoms with Crippen LogP contribution in [-0.4, -0.2) is 11.5 Å². The van der Waals surface area contributed by atoms with Crippen LogP contribution in [0.1, 0.15) is 6.42 Å². The van der Waals surface area contributed by atoms with Gasteiger partial charge >= 0.3 is 5.69 Å². The van der Waals surface area contributed by atoms with Crippen LogP contribution in [0, 0.1) is 22.5 Å². The predicted molar refractivity (Wildman–Crippen MR) is 57.1 cm³/mol. The fourth-order valence-electron chi connectivity index (χ4n) is 0.975. The lowest BCUT2D eigenvalue weighted by atomic mass is 10.3. The van der Waals surface area contributed by atoms with Crippen molar-refractivity contribution in [3.8, 4) is 18.1 Å². The smallest absolute Gasteiger partial charge is 0.312 e. The summed E-state index contributed by atoms with van der Waals surface area (Å²) in [5.41, 5.74) is -0.153. The molecule has 15 heavy (non-hydrogen) atoms. The number of terminal acetylenes is 1. The van der Waals surface area contributed by atoms with Crippen molar-refractivity contribution in [3.05, 3.63) is 33.3 Å². The lowest BCUT2D eigenvalue weighted by Gasteiger charge is -2.04. The first-order valence-electron chi connectivity index (χ1n) is 4.15. The Morgan fingerprint density at radius 2 is 2.33 bits per heavy atom. The van der Waals surface area contributed by atoms with E-state index < -0.39 is 4.92 Å². The molecule has 0 unspecified atom stereocenters. The summed E-state index contributed by atoms with van der Waals surface area (Å²) in [6.07, 6.45) is 5.43. The third-order valence-corrected chi connectivity index (χ3v) is 1.86. The van der Waals surface area contributed by atoms with Gasteiger partial charge in [-0.3, -0.25) is 10.1 Å². The zero-order chi connectivity index (χ0) is 11.3. The van der Waals surface area contributed by atoms with Crippen molar-refractivity contribution in [2.24, 2.45) is 0 Å². The van der Waals surface area contributed by atoms with Gasteiger partial charge in [-0.1, -0.05) is 11.6 Å². The zero-order valence-electron chi connectivity index (χ0n) is 7.77. The van der Waals surface area contributed by atoms with Crippen LogP contribution in [0.5, 0.6) is 5.75 Å². The number of benzene rings is 1. The second kappa shape index (κ2) is 5.23. The van der Waals surface area contributed by atoms with Gasteiger partial charge in [0.25, 0.3) is 0 Å². The molecular weight excluding hydrogens is 218 g/mol. The Morgan fingerprint density at radius 1 is 1.60 bits per heavy atom. The molecule has 0 N–H and O–H groups in total. The molecule has 4 nitrogen and oxygen atoms in total. The highest BCUT2D eigenvalue weighted by Gasteiger charge is 2.15. The third-order valence-electron chi connectivity index (χ3n) is 1.62. The Kier molecular flexibility index (Phi) is 3.95. The molecule has 0 amide bonds. The lowest BCUT2D eigenvalue weighted by Crippen LogP contribution is -1.99. The van der Waals surface area contributed by atoms with Crippen LogP contribution in [0.25, 0.3) is 0 Å². The van der Waals surface area contributed by atoms with Crippen molar-refractivity contribution in [2.45, 2.75) is 6.42 Å². The molecule has 0 aliphatic rings. The van der Waals surface area contributed by atoms with Crippen LogP contribution >= 0.6 is 11.6 Å². The van der Waals surface area contributed by atoms with Gasteiger partial charge in [0.15, 0.2) is 5.75 Å². The summed E-state index contributed by atoms with van der Waals surface area (Å²) in [5, 5.41) is 10.9. The maximum atomic E-state index is 10.6. The summed E-state index contributed by atoms with van der Waals surface area (Å²) >= 11 is 5.63. The number of hydrogen-bond acceptors (Lipinski definition) is 3. The Morgan fingerprint density at radius 3 is 2.93 bits per heavy atom. The van der Waals surface area contributed by atoms with Gasteiger partial charge < -0.3 is 4.74 Å². The number of hydrogen-bond donors (Lipinski definition) is 0. The summed E-state index contributed by atoms with van der Waals surface area (Å²) in [6.45, 7) is 0.249. The van der Waals surface area contributed by atoms with E-state index in [1.165, 1.54) is 18.2 Å². The number of nitrogens with zero attached hydrogens (tertiary/aromatic N) is 1. The van der Waals surface area contributed by atoms with Gasteiger partial charge in [0.2, 0.25) is 0 Å². The Hall–Kier alpha value is -1.73. The van der Waals surface area contributed by atoms with Gasteiger partial charge in [-0.2, -0.15) is 0 Å². The molecule has 5 heteroatoms. The van der Waals surface area contributed by atoms with E-state index in [1.54, 1.807) is 0 Å². The molecule has 1 aromatic carbocycles. The highest BCUT2D eigenvalue weighted by atomic mass is 35.5. The molecule has 1 rings (SSSR count). The fraction of sp³-hybridized carbons (Fsp3) is 0.200. The van der Waals surface area contributed by atoms with Crippen LogP contribution in [-0.2, 0) is 0 Å². The van der Waals surface area contributed by atoms with Crippen molar-refractivity contribution < 1.29 is 9.66 Å². The molecule has 0 atom stereocenters. The van der Waals surface area contributed by atoms with E-state index >= 15 is 0 Å². The minimum atomic E-state index is -0.545. The molecule has 0 spiro atoms. The first-order chi connectivity index (χ1) is 7.15. The van der Waals surface area contributed by atoms with Gasteiger partial charge in [0, 0.05) is 17.5 Å². The summed E-state index contributed by atoms with van der Waals surface area (Å²) < 4.78 is 5.15. The van der Waals surface area contributed by atoms with Crippen LogP contribution < -0.4 is 4.74 Å². The second-order valence-corrected chi connectivity index (χ2v) is 3.11. The number of nitro groups is 1. The van der Waals surface area contributed by atoms with E-state index in [-0.39, 0.29) is 18.0 Å². The second-order valence-electron chi connectivity index (χ2n) is 2.67. The topological polar surface area (TPSA) is 52.4 Å². The number of nitro benzene ring substituents is 1. The molecule has 0 bridgehead atoms. The van der Waals surface area contributed by atoms with Crippen molar-refractivity contribution in [3.63, 3.8) is 0 Å². The van der Waals surface area contributed by atoms with Crippen LogP contribution in [0.4, 0.5) is 5.69 Å². The number of halogens is 1. The molecule has 0 saturated carbocycles. The maximum Gasteiger partial charge on any atom is 0.312 e. The first-order valence-corrected chi connectivity index (χ1v) is 4.53. The molecule has 0 aromatic heterocycles. The van der Waals surface area contributed by atoms with E-state index in [9.17, 15) is 10.1 Å². The van der Waals surface area contributed by atoms with E-state index in [0.717, 1.165) is 0 Å². The first kappa shape index (κ1) is 11.3. The Labute approximate surface area is 92.0 Å². The number of ether oxygens (including phenoxy) is 1. The van der Waals surface area contributed by atoms with E-state index in [0.29, 0.717) is 11.4 Å². The highest BCUT2D eigenvalue weighted by molar-refractivity contribution is 6.30. The fourth-order valence-corrected chi connectivity index (χ4v) is 1.14. The van der Waals surface area contributed by atoms with E-state index in [4.69, 9.17) is 22.8 Å². The van der Waals surface area contributed by atoms with Gasteiger partial charge in [0.05, 0.1) is 11.5 Å². The summed E-state index contributed by atoms with van der Waals surface area (Å²) in [4.78, 5) is 10.1. The molecular formula is C10H8ClNO3. The van der Waals surface area contributed by atoms with Gasteiger partial charge in [-0.15, -0.1) is 12.3 Å². The van der Waals surface area contributed by atoms with Crippen molar-refractivity contribution >= 4 is 17.3 Å². The number of rotatable bonds is 4. The molecule has 0 fully saturated rings. The van der Waals surface area contributed by atoms with Gasteiger partial charge in [-0.05, 0) is 12.1 Å². The molecule has 0 radical (unpaired) electrons. The normalized spacial score (nSPS) is 9.33. The predicted octanol–water partition coefficient (Wildman–Crippen LogP) is 2.65. The van der Waals surface area contributed by atoms with Crippen molar-refractivity contribution in [1.82, 2.24) is 0 Å². The Balaban J connectivity index is 2.87. The molecule has 0 aliphatic carbocycles. The molecule has 1 aromatic rings. The van der Waals surface area contributed by atoms with E-state index in [2.05, 4.69) is 5.92 Å². The van der Waals surface area contributed by atoms with Crippen LogP contribution in [0.3, 0.4) is 0 Å². The third kappa shape index (κ3) is 3.15. The maximum absolute atomic E-state index is 10.6. The summed E-state index contributed by atoms with van der Waals surface area (Å²) in [6, 6.07) is 4.23. The molecule has 0 aliphatic heterocycles. The summed E-state index contributed by atoms with van der Waals surface area (Å²) in [7, 11) is 0. The molecule has 0 heterocycles. The van der Waals surface area contributed by atoms with E-state index in [1.807, 2.05) is 0 Å². The molecule has 78 valence electrons. The standard InChI is InChI=1S/C10H8ClNO3/c1-2-3-6-15-10-5-4-8(11)7-9(10)12(13)14/h1,4-5,7H,3,6H2. The van der Waals surface area contributed by atoms with Crippen LogP contribution in [0.15, 0.2) is 18.2 Å². The largest absolute Gasteiger partial charge is 0.486 e. The van der Waals surface area contributed by atoms with Crippen LogP contribution in [0.2, 0.25) is 5.02 Å². The monoisotopic (exact) mass is 225 g/mol. The highest BCUT2D eigenvalue weighted by Crippen LogP contribution is 2.29. The van der Waals surface area contributed by atoms with Crippen molar-refractivity contribution in [2.75, 3.05) is 6.61 Å². The average molecular weight is 226 g/mol. The minimum Gasteiger partial charge on any atom is -0.486 e. The zero-order valence-corrected chi connectivity index (χ0v) is 8.53. The van der Waals surface area contributed by atoms with Gasteiger partial charge in [0.1, 0.15) is 0 Å². The Bertz CT molecular complexity index is 412.